The van der Waals surface area contributed by atoms with Gasteiger partial charge >= 0.3 is 6.16 Å². The Bertz CT molecular complexity index is 1160. The molecular weight excluding hydrogens is 508 g/mol. The average Bonchev–Trinajstić information content (AvgIpc) is 2.92. The molecule has 0 saturated carbocycles. The van der Waals surface area contributed by atoms with Crippen LogP contribution in [0, 0.1) is 16.0 Å². The second-order valence-corrected chi connectivity index (χ2v) is 8.91. The van der Waals surface area contributed by atoms with Crippen molar-refractivity contribution < 1.29 is 38.2 Å². The number of carbonyl (C=O) groups excluding carboxylic acids is 2. The molecule has 0 radical (unpaired) electrons. The molecule has 0 fully saturated rings. The van der Waals surface area contributed by atoms with Crippen molar-refractivity contribution in [1.82, 2.24) is 5.32 Å². The lowest BCUT2D eigenvalue weighted by Crippen LogP contribution is -2.22. The second kappa shape index (κ2) is 15.9. The van der Waals surface area contributed by atoms with Gasteiger partial charge in [-0.2, -0.15) is 0 Å². The molecule has 0 aliphatic rings. The normalized spacial score (nSPS) is 10.8. The number of nitro benzene ring substituents is 1. The first-order valence-electron chi connectivity index (χ1n) is 12.5. The molecule has 0 aliphatic heterocycles. The fourth-order valence-electron chi connectivity index (χ4n) is 3.56. The highest BCUT2D eigenvalue weighted by molar-refractivity contribution is 5.75. The Kier molecular flexibility index (Phi) is 12.6. The van der Waals surface area contributed by atoms with Crippen LogP contribution in [-0.4, -0.2) is 38.3 Å². The number of carbonyl (C=O) groups is 2. The summed E-state index contributed by atoms with van der Waals surface area (Å²) in [5.74, 6) is 1.25. The number of unbranched alkanes of at least 4 members (excludes halogenated alkanes) is 2. The van der Waals surface area contributed by atoms with Gasteiger partial charge in [0, 0.05) is 13.0 Å². The molecule has 2 aromatic carbocycles. The zero-order chi connectivity index (χ0) is 28.8. The number of nitrogens with one attached hydrogen (secondary N) is 1. The molecule has 0 bridgehead atoms. The van der Waals surface area contributed by atoms with Gasteiger partial charge in [0.2, 0.25) is 5.91 Å². The van der Waals surface area contributed by atoms with Crippen molar-refractivity contribution in [1.29, 1.82) is 0 Å². The van der Waals surface area contributed by atoms with Crippen LogP contribution in [0.1, 0.15) is 50.7 Å². The van der Waals surface area contributed by atoms with E-state index in [1.807, 2.05) is 0 Å². The number of methoxy groups -OCH3 is 3. The number of amides is 1. The van der Waals surface area contributed by atoms with Crippen LogP contribution in [0.2, 0.25) is 0 Å². The highest BCUT2D eigenvalue weighted by Crippen LogP contribution is 2.35. The third-order valence-electron chi connectivity index (χ3n) is 5.58. The molecule has 212 valence electrons. The third kappa shape index (κ3) is 10.2. The van der Waals surface area contributed by atoms with Crippen LogP contribution in [0.3, 0.4) is 0 Å². The number of rotatable bonds is 15. The van der Waals surface area contributed by atoms with E-state index in [0.717, 1.165) is 24.8 Å². The first-order chi connectivity index (χ1) is 18.7. The predicted octanol–water partition coefficient (Wildman–Crippen LogP) is 5.73. The monoisotopic (exact) mass is 544 g/mol. The Morgan fingerprint density at radius 3 is 2.28 bits per heavy atom. The molecule has 0 saturated heterocycles. The summed E-state index contributed by atoms with van der Waals surface area (Å²) in [5.41, 5.74) is 0.550. The highest BCUT2D eigenvalue weighted by atomic mass is 16.7. The number of hydrogen-bond donors (Lipinski definition) is 1. The Hall–Kier alpha value is -4.28. The molecule has 0 aliphatic carbocycles. The van der Waals surface area contributed by atoms with Crippen LogP contribution in [0.15, 0.2) is 42.5 Å². The van der Waals surface area contributed by atoms with Crippen molar-refractivity contribution in [2.45, 2.75) is 52.7 Å². The predicted molar refractivity (Wildman–Crippen MR) is 144 cm³/mol. The number of allylic oxidation sites excluding steroid dienone is 2. The summed E-state index contributed by atoms with van der Waals surface area (Å²) in [7, 11) is 4.16. The molecule has 1 N–H and O–H groups in total. The minimum absolute atomic E-state index is 0.0463. The Labute approximate surface area is 228 Å². The fraction of sp³-hybridized carbons (Fsp3) is 0.429. The first-order valence-corrected chi connectivity index (χ1v) is 12.5. The first kappa shape index (κ1) is 30.9. The van der Waals surface area contributed by atoms with Gasteiger partial charge in [-0.05, 0) is 48.9 Å². The lowest BCUT2D eigenvalue weighted by atomic mass is 10.1. The topological polar surface area (TPSA) is 135 Å². The van der Waals surface area contributed by atoms with Crippen molar-refractivity contribution in [2.24, 2.45) is 5.92 Å². The van der Waals surface area contributed by atoms with Gasteiger partial charge in [-0.3, -0.25) is 14.9 Å². The minimum Gasteiger partial charge on any atom is -0.493 e. The zero-order valence-corrected chi connectivity index (χ0v) is 23.0. The van der Waals surface area contributed by atoms with Gasteiger partial charge in [0.05, 0.1) is 37.9 Å². The smallest absolute Gasteiger partial charge is 0.493 e. The van der Waals surface area contributed by atoms with Crippen LogP contribution in [0.5, 0.6) is 23.0 Å². The van der Waals surface area contributed by atoms with E-state index < -0.39 is 17.7 Å². The zero-order valence-electron chi connectivity index (χ0n) is 23.0. The Balaban J connectivity index is 1.91. The number of ether oxygens (including phenoxy) is 5. The van der Waals surface area contributed by atoms with Crippen LogP contribution in [0.4, 0.5) is 10.5 Å². The number of nitrogens with zero attached hydrogens (tertiary/aromatic N) is 1. The Morgan fingerprint density at radius 2 is 1.64 bits per heavy atom. The molecule has 11 heteroatoms. The summed E-state index contributed by atoms with van der Waals surface area (Å²) >= 11 is 0. The van der Waals surface area contributed by atoms with E-state index in [1.165, 1.54) is 39.5 Å². The van der Waals surface area contributed by atoms with E-state index in [1.54, 1.807) is 12.1 Å². The van der Waals surface area contributed by atoms with Crippen molar-refractivity contribution >= 4 is 17.7 Å². The molecule has 0 unspecified atom stereocenters. The van der Waals surface area contributed by atoms with Gasteiger partial charge in [0.1, 0.15) is 6.61 Å². The van der Waals surface area contributed by atoms with Gasteiger partial charge in [-0.25, -0.2) is 4.79 Å². The molecule has 0 heterocycles. The summed E-state index contributed by atoms with van der Waals surface area (Å²) in [6.45, 7) is 4.10. The van der Waals surface area contributed by atoms with Crippen molar-refractivity contribution in [3.05, 3.63) is 63.7 Å². The second-order valence-electron chi connectivity index (χ2n) is 8.91. The molecule has 0 atom stereocenters. The molecule has 11 nitrogen and oxygen atoms in total. The van der Waals surface area contributed by atoms with E-state index in [2.05, 4.69) is 31.3 Å². The summed E-state index contributed by atoms with van der Waals surface area (Å²) in [6.07, 6.45) is 6.38. The number of nitro groups is 1. The van der Waals surface area contributed by atoms with Crippen LogP contribution >= 0.6 is 0 Å². The molecule has 39 heavy (non-hydrogen) atoms. The lowest BCUT2D eigenvalue weighted by Gasteiger charge is -2.13. The van der Waals surface area contributed by atoms with E-state index in [4.69, 9.17) is 23.7 Å². The summed E-state index contributed by atoms with van der Waals surface area (Å²) in [5, 5.41) is 14.3. The van der Waals surface area contributed by atoms with Crippen molar-refractivity contribution in [2.75, 3.05) is 21.3 Å². The Morgan fingerprint density at radius 1 is 0.974 bits per heavy atom. The minimum atomic E-state index is -1.08. The van der Waals surface area contributed by atoms with Crippen molar-refractivity contribution in [3.8, 4) is 23.0 Å². The van der Waals surface area contributed by atoms with E-state index in [0.29, 0.717) is 12.3 Å². The lowest BCUT2D eigenvalue weighted by molar-refractivity contribution is -0.385. The van der Waals surface area contributed by atoms with Gasteiger partial charge in [0.25, 0.3) is 5.69 Å². The molecular formula is C28H36N2O9. The van der Waals surface area contributed by atoms with Crippen LogP contribution in [-0.2, 0) is 22.7 Å². The maximum absolute atomic E-state index is 12.3. The maximum Gasteiger partial charge on any atom is 0.514 e. The number of benzene rings is 2. The standard InChI is InChI=1S/C28H36N2O9/c1-19(2)10-8-6-7-9-11-27(31)29-17-20-12-13-23(24(14-20)35-3)39-28(32)38-18-21-15-25(36-4)26(37-5)16-22(21)30(33)34/h8,10,12-16,19H,6-7,9,11,17-18H2,1-5H3,(H,29,31)/b10-8+. The highest BCUT2D eigenvalue weighted by Gasteiger charge is 2.21. The van der Waals surface area contributed by atoms with Gasteiger partial charge in [-0.1, -0.05) is 32.1 Å². The molecule has 1 amide bonds. The molecule has 2 rings (SSSR count). The molecule has 0 aromatic heterocycles. The maximum atomic E-state index is 12.3. The quantitative estimate of drug-likeness (QED) is 0.0745. The summed E-state index contributed by atoms with van der Waals surface area (Å²) in [6, 6.07) is 7.38. The van der Waals surface area contributed by atoms with E-state index >= 15 is 0 Å². The van der Waals surface area contributed by atoms with Crippen LogP contribution in [0.25, 0.3) is 0 Å². The largest absolute Gasteiger partial charge is 0.514 e. The van der Waals surface area contributed by atoms with E-state index in [-0.39, 0.29) is 46.7 Å². The molecule has 0 spiro atoms. The van der Waals surface area contributed by atoms with Gasteiger partial charge in [-0.15, -0.1) is 0 Å². The summed E-state index contributed by atoms with van der Waals surface area (Å²) in [4.78, 5) is 35.3. The van der Waals surface area contributed by atoms with E-state index in [9.17, 15) is 19.7 Å². The summed E-state index contributed by atoms with van der Waals surface area (Å²) < 4.78 is 25.9. The molecule has 2 aromatic rings. The van der Waals surface area contributed by atoms with Gasteiger partial charge < -0.3 is 29.0 Å². The van der Waals surface area contributed by atoms with Crippen LogP contribution < -0.4 is 24.3 Å². The fourth-order valence-corrected chi connectivity index (χ4v) is 3.56. The third-order valence-corrected chi connectivity index (χ3v) is 5.58. The van der Waals surface area contributed by atoms with Crippen molar-refractivity contribution in [3.63, 3.8) is 0 Å². The SMILES string of the molecule is COc1cc(COC(=O)Oc2ccc(CNC(=O)CCCC/C=C/C(C)C)cc2OC)c([N+](=O)[O-])cc1OC. The average molecular weight is 545 g/mol. The van der Waals surface area contributed by atoms with Gasteiger partial charge in [0.15, 0.2) is 23.0 Å². The number of hydrogen-bond acceptors (Lipinski definition) is 9.